The first kappa shape index (κ1) is 11.0. The summed E-state index contributed by atoms with van der Waals surface area (Å²) in [5, 5.41) is 10.6. The topological polar surface area (TPSA) is 24.7 Å². The molecule has 1 heterocycles. The highest BCUT2D eigenvalue weighted by Gasteiger charge is 2.57. The maximum absolute atomic E-state index is 10.6. The Kier molecular flexibility index (Phi) is 2.56. The Hall–Kier alpha value is -0.520. The summed E-state index contributed by atoms with van der Waals surface area (Å²) in [5.41, 5.74) is -0.931. The van der Waals surface area contributed by atoms with Gasteiger partial charge in [0.25, 0.3) is 0 Å². The van der Waals surface area contributed by atoms with Crippen molar-refractivity contribution < 1.29 is 10.0 Å². The molecule has 15 heavy (non-hydrogen) atoms. The van der Waals surface area contributed by atoms with Crippen molar-refractivity contribution in [2.45, 2.75) is 50.7 Å². The first-order valence-corrected chi connectivity index (χ1v) is 6.06. The van der Waals surface area contributed by atoms with Crippen LogP contribution >= 0.6 is 0 Å². The second-order valence-corrected chi connectivity index (χ2v) is 5.57. The molecular formula is C13H22NO+. The fraction of sp³-hybridized carbons (Fsp3) is 0.846. The molecule has 2 aliphatic rings. The number of rotatable bonds is 0. The van der Waals surface area contributed by atoms with E-state index in [0.29, 0.717) is 6.04 Å². The summed E-state index contributed by atoms with van der Waals surface area (Å²) in [6.07, 6.45) is 10.9. The molecule has 2 unspecified atom stereocenters. The average molecular weight is 208 g/mol. The van der Waals surface area contributed by atoms with Gasteiger partial charge >= 0.3 is 0 Å². The molecule has 2 rings (SSSR count). The number of aliphatic hydroxyl groups is 1. The molecule has 2 N–H and O–H groups in total. The van der Waals surface area contributed by atoms with Crippen LogP contribution in [0.4, 0.5) is 0 Å². The van der Waals surface area contributed by atoms with Gasteiger partial charge in [0.05, 0.1) is 25.0 Å². The van der Waals surface area contributed by atoms with Crippen LogP contribution in [0.2, 0.25) is 0 Å². The van der Waals surface area contributed by atoms with E-state index in [4.69, 9.17) is 6.42 Å². The summed E-state index contributed by atoms with van der Waals surface area (Å²) in [5.74, 6) is 2.68. The van der Waals surface area contributed by atoms with Gasteiger partial charge in [0.1, 0.15) is 5.60 Å². The molecular weight excluding hydrogens is 186 g/mol. The Labute approximate surface area is 92.7 Å². The van der Waals surface area contributed by atoms with Crippen LogP contribution in [0.15, 0.2) is 0 Å². The number of nitrogens with one attached hydrogen (secondary N) is 1. The highest BCUT2D eigenvalue weighted by molar-refractivity contribution is 5.19. The van der Waals surface area contributed by atoms with Crippen LogP contribution in [-0.2, 0) is 0 Å². The second-order valence-electron chi connectivity index (χ2n) is 5.57. The van der Waals surface area contributed by atoms with Crippen LogP contribution in [-0.4, -0.2) is 30.3 Å². The monoisotopic (exact) mass is 208 g/mol. The first-order chi connectivity index (χ1) is 7.03. The van der Waals surface area contributed by atoms with Gasteiger partial charge in [-0.3, -0.25) is 0 Å². The Bertz CT molecular complexity index is 295. The fourth-order valence-corrected chi connectivity index (χ4v) is 3.77. The lowest BCUT2D eigenvalue weighted by Gasteiger charge is -2.53. The van der Waals surface area contributed by atoms with Crippen LogP contribution in [0.5, 0.6) is 0 Å². The van der Waals surface area contributed by atoms with Gasteiger partial charge in [-0.25, -0.2) is 0 Å². The Morgan fingerprint density at radius 3 is 2.80 bits per heavy atom. The van der Waals surface area contributed by atoms with Gasteiger partial charge < -0.3 is 10.0 Å². The zero-order chi connectivity index (χ0) is 11.1. The predicted molar refractivity (Wildman–Crippen MR) is 60.5 cm³/mol. The molecule has 1 aliphatic heterocycles. The van der Waals surface area contributed by atoms with E-state index in [0.717, 1.165) is 19.3 Å². The Balaban J connectivity index is 2.35. The van der Waals surface area contributed by atoms with Gasteiger partial charge in [-0.2, -0.15) is 0 Å². The average Bonchev–Trinajstić information content (AvgIpc) is 2.21. The smallest absolute Gasteiger partial charge is 0.136 e. The molecule has 84 valence electrons. The van der Waals surface area contributed by atoms with Crippen LogP contribution < -0.4 is 4.90 Å². The lowest BCUT2D eigenvalue weighted by Crippen LogP contribution is -3.16. The molecule has 1 saturated carbocycles. The summed E-state index contributed by atoms with van der Waals surface area (Å²) < 4.78 is 0. The van der Waals surface area contributed by atoms with E-state index in [1.807, 2.05) is 0 Å². The van der Waals surface area contributed by atoms with Crippen LogP contribution in [0.25, 0.3) is 0 Å². The molecule has 2 nitrogen and oxygen atoms in total. The lowest BCUT2D eigenvalue weighted by molar-refractivity contribution is -0.923. The van der Waals surface area contributed by atoms with E-state index in [2.05, 4.69) is 19.9 Å². The van der Waals surface area contributed by atoms with Crippen LogP contribution in [0.1, 0.15) is 39.0 Å². The van der Waals surface area contributed by atoms with Gasteiger partial charge in [-0.1, -0.05) is 12.8 Å². The Morgan fingerprint density at radius 1 is 1.40 bits per heavy atom. The van der Waals surface area contributed by atoms with E-state index in [1.54, 1.807) is 4.90 Å². The van der Waals surface area contributed by atoms with Crippen molar-refractivity contribution in [2.24, 2.45) is 5.41 Å². The van der Waals surface area contributed by atoms with Crippen molar-refractivity contribution in [3.63, 3.8) is 0 Å². The third-order valence-electron chi connectivity index (χ3n) is 4.85. The summed E-state index contributed by atoms with van der Waals surface area (Å²) in [7, 11) is 2.24. The summed E-state index contributed by atoms with van der Waals surface area (Å²) in [6.45, 7) is 3.42. The maximum atomic E-state index is 10.6. The molecule has 0 bridgehead atoms. The number of likely N-dealkylation sites (tertiary alicyclic amines) is 1. The minimum atomic E-state index is -0.863. The van der Waals surface area contributed by atoms with Crippen molar-refractivity contribution in [1.29, 1.82) is 0 Å². The van der Waals surface area contributed by atoms with Gasteiger partial charge in [0.15, 0.2) is 0 Å². The first-order valence-electron chi connectivity index (χ1n) is 6.06. The number of piperidine rings is 1. The molecule has 1 aliphatic carbocycles. The number of fused-ring (bicyclic) bond motifs is 1. The zero-order valence-corrected chi connectivity index (χ0v) is 9.84. The highest BCUT2D eigenvalue weighted by Crippen LogP contribution is 2.47. The summed E-state index contributed by atoms with van der Waals surface area (Å²) in [6, 6.07) is 0.543. The SMILES string of the molecule is C#C[C@]1(O)CCCC2[NH+](C)CCC[C@@]21C. The fourth-order valence-electron chi connectivity index (χ4n) is 3.77. The van der Waals surface area contributed by atoms with E-state index < -0.39 is 5.60 Å². The predicted octanol–water partition coefficient (Wildman–Crippen LogP) is 0.218. The molecule has 2 fully saturated rings. The molecule has 4 atom stereocenters. The summed E-state index contributed by atoms with van der Waals surface area (Å²) in [4.78, 5) is 1.55. The molecule has 2 heteroatoms. The van der Waals surface area contributed by atoms with E-state index >= 15 is 0 Å². The van der Waals surface area contributed by atoms with Crippen LogP contribution in [0.3, 0.4) is 0 Å². The standard InChI is InChI=1S/C13H21NO/c1-4-13(15)9-5-7-11-12(13,2)8-6-10-14(11)3/h1,11,15H,5-10H2,2-3H3/p+1/t11?,12-,13-/m0/s1. The van der Waals surface area contributed by atoms with Gasteiger partial charge in [0, 0.05) is 6.42 Å². The zero-order valence-electron chi connectivity index (χ0n) is 9.84. The normalized spacial score (nSPS) is 50.5. The number of hydrogen-bond donors (Lipinski definition) is 2. The number of quaternary nitrogens is 1. The van der Waals surface area contributed by atoms with Crippen molar-refractivity contribution in [2.75, 3.05) is 13.6 Å². The molecule has 0 aromatic rings. The minimum absolute atomic E-state index is 0.0671. The van der Waals surface area contributed by atoms with Gasteiger partial charge in [-0.15, -0.1) is 6.42 Å². The lowest BCUT2D eigenvalue weighted by atomic mass is 9.58. The van der Waals surface area contributed by atoms with Gasteiger partial charge in [0.2, 0.25) is 0 Å². The summed E-state index contributed by atoms with van der Waals surface area (Å²) >= 11 is 0. The second kappa shape index (κ2) is 3.50. The number of terminal acetylenes is 1. The minimum Gasteiger partial charge on any atom is -0.377 e. The van der Waals surface area contributed by atoms with E-state index in [-0.39, 0.29) is 5.41 Å². The van der Waals surface area contributed by atoms with Crippen molar-refractivity contribution in [3.05, 3.63) is 0 Å². The third kappa shape index (κ3) is 1.41. The van der Waals surface area contributed by atoms with Crippen molar-refractivity contribution in [3.8, 4) is 12.3 Å². The molecule has 0 aromatic heterocycles. The van der Waals surface area contributed by atoms with E-state index in [1.165, 1.54) is 19.4 Å². The quantitative estimate of drug-likeness (QED) is 0.547. The molecule has 0 radical (unpaired) electrons. The molecule has 0 spiro atoms. The van der Waals surface area contributed by atoms with E-state index in [9.17, 15) is 5.11 Å². The van der Waals surface area contributed by atoms with Crippen molar-refractivity contribution in [1.82, 2.24) is 0 Å². The van der Waals surface area contributed by atoms with Crippen LogP contribution in [0, 0.1) is 17.8 Å². The third-order valence-corrected chi connectivity index (χ3v) is 4.85. The largest absolute Gasteiger partial charge is 0.377 e. The number of hydrogen-bond acceptors (Lipinski definition) is 1. The maximum Gasteiger partial charge on any atom is 0.136 e. The van der Waals surface area contributed by atoms with Crippen molar-refractivity contribution >= 4 is 0 Å². The molecule has 1 saturated heterocycles. The molecule has 0 aromatic carbocycles. The molecule has 0 amide bonds. The Morgan fingerprint density at radius 2 is 2.13 bits per heavy atom. The highest BCUT2D eigenvalue weighted by atomic mass is 16.3. The van der Waals surface area contributed by atoms with Gasteiger partial charge in [-0.05, 0) is 25.7 Å².